The molecule has 0 aromatic heterocycles. The molecule has 0 aliphatic heterocycles. The summed E-state index contributed by atoms with van der Waals surface area (Å²) in [6, 6.07) is 4.25. The Morgan fingerprint density at radius 2 is 2.12 bits per heavy atom. The summed E-state index contributed by atoms with van der Waals surface area (Å²) in [5.41, 5.74) is -1.77. The van der Waals surface area contributed by atoms with Gasteiger partial charge in [-0.15, -0.1) is 0 Å². The molecule has 0 spiro atoms. The Morgan fingerprint density at radius 1 is 1.47 bits per heavy atom. The summed E-state index contributed by atoms with van der Waals surface area (Å²) >= 11 is 0. The van der Waals surface area contributed by atoms with Crippen LogP contribution in [0.15, 0.2) is 18.2 Å². The van der Waals surface area contributed by atoms with Crippen molar-refractivity contribution in [2.45, 2.75) is 13.1 Å². The van der Waals surface area contributed by atoms with Gasteiger partial charge < -0.3 is 4.74 Å². The van der Waals surface area contributed by atoms with E-state index >= 15 is 0 Å². The Labute approximate surface area is 95.4 Å². The molecular formula is C11H8F3NO2. The van der Waals surface area contributed by atoms with Crippen LogP contribution in [-0.2, 0) is 10.9 Å². The van der Waals surface area contributed by atoms with Crippen LogP contribution in [0.3, 0.4) is 0 Å². The van der Waals surface area contributed by atoms with Crippen molar-refractivity contribution in [1.82, 2.24) is 0 Å². The van der Waals surface area contributed by atoms with Gasteiger partial charge in [0.15, 0.2) is 0 Å². The summed E-state index contributed by atoms with van der Waals surface area (Å²) in [5, 5.41) is 8.58. The van der Waals surface area contributed by atoms with Crippen molar-refractivity contribution in [3.8, 4) is 6.07 Å². The maximum absolute atomic E-state index is 12.6. The number of halogens is 3. The Hall–Kier alpha value is -2.03. The van der Waals surface area contributed by atoms with E-state index in [0.717, 1.165) is 12.1 Å². The lowest BCUT2D eigenvalue weighted by atomic mass is 10.0. The van der Waals surface area contributed by atoms with Gasteiger partial charge in [0.1, 0.15) is 0 Å². The second-order valence-corrected chi connectivity index (χ2v) is 3.09. The number of nitriles is 1. The lowest BCUT2D eigenvalue weighted by Crippen LogP contribution is -2.15. The molecule has 0 saturated carbocycles. The van der Waals surface area contributed by atoms with Crippen LogP contribution < -0.4 is 0 Å². The number of hydrogen-bond donors (Lipinski definition) is 0. The van der Waals surface area contributed by atoms with E-state index in [1.54, 1.807) is 6.07 Å². The minimum Gasteiger partial charge on any atom is -0.462 e. The van der Waals surface area contributed by atoms with Crippen molar-refractivity contribution in [3.63, 3.8) is 0 Å². The molecule has 3 nitrogen and oxygen atoms in total. The third kappa shape index (κ3) is 2.97. The van der Waals surface area contributed by atoms with E-state index in [9.17, 15) is 18.0 Å². The van der Waals surface area contributed by atoms with Gasteiger partial charge in [-0.3, -0.25) is 0 Å². The molecule has 0 heterocycles. The fraction of sp³-hybridized carbons (Fsp3) is 0.273. The third-order valence-corrected chi connectivity index (χ3v) is 1.95. The molecule has 0 amide bonds. The Kier molecular flexibility index (Phi) is 3.73. The second kappa shape index (κ2) is 4.87. The highest BCUT2D eigenvalue weighted by atomic mass is 19.4. The standard InChI is InChI=1S/C11H8F3NO2/c1-2-17-10(16)8-5-7(6-15)3-4-9(8)11(12,13)14/h3-5H,2H2,1H3. The fourth-order valence-corrected chi connectivity index (χ4v) is 1.24. The molecule has 0 fully saturated rings. The van der Waals surface area contributed by atoms with Crippen LogP contribution in [0.25, 0.3) is 0 Å². The molecule has 0 bridgehead atoms. The number of nitrogens with zero attached hydrogens (tertiary/aromatic N) is 1. The molecule has 1 aromatic carbocycles. The summed E-state index contributed by atoms with van der Waals surface area (Å²) in [7, 11) is 0. The van der Waals surface area contributed by atoms with Gasteiger partial charge >= 0.3 is 12.1 Å². The number of rotatable bonds is 2. The van der Waals surface area contributed by atoms with Crippen molar-refractivity contribution in [1.29, 1.82) is 5.26 Å². The number of esters is 1. The normalized spacial score (nSPS) is 10.8. The first-order valence-corrected chi connectivity index (χ1v) is 4.68. The van der Waals surface area contributed by atoms with Crippen LogP contribution in [0.5, 0.6) is 0 Å². The van der Waals surface area contributed by atoms with E-state index in [-0.39, 0.29) is 12.2 Å². The molecule has 0 aliphatic rings. The number of benzene rings is 1. The largest absolute Gasteiger partial charge is 0.462 e. The van der Waals surface area contributed by atoms with Gasteiger partial charge in [0, 0.05) is 0 Å². The molecular weight excluding hydrogens is 235 g/mol. The number of hydrogen-bond acceptors (Lipinski definition) is 3. The van der Waals surface area contributed by atoms with Crippen LogP contribution in [-0.4, -0.2) is 12.6 Å². The van der Waals surface area contributed by atoms with Crippen molar-refractivity contribution < 1.29 is 22.7 Å². The van der Waals surface area contributed by atoms with E-state index in [0.29, 0.717) is 6.07 Å². The minimum absolute atomic E-state index is 0.0268. The first-order valence-electron chi connectivity index (χ1n) is 4.68. The van der Waals surface area contributed by atoms with Crippen molar-refractivity contribution >= 4 is 5.97 Å². The van der Waals surface area contributed by atoms with Crippen LogP contribution in [0.4, 0.5) is 13.2 Å². The van der Waals surface area contributed by atoms with Gasteiger partial charge in [-0.2, -0.15) is 18.4 Å². The molecule has 6 heteroatoms. The predicted octanol–water partition coefficient (Wildman–Crippen LogP) is 2.75. The average molecular weight is 243 g/mol. The van der Waals surface area contributed by atoms with Gasteiger partial charge in [0.2, 0.25) is 0 Å². The maximum atomic E-state index is 12.6. The van der Waals surface area contributed by atoms with Crippen LogP contribution in [0.1, 0.15) is 28.4 Å². The van der Waals surface area contributed by atoms with Gasteiger partial charge in [-0.1, -0.05) is 0 Å². The predicted molar refractivity (Wildman–Crippen MR) is 52.1 cm³/mol. The van der Waals surface area contributed by atoms with Crippen molar-refractivity contribution in [2.75, 3.05) is 6.61 Å². The van der Waals surface area contributed by atoms with E-state index in [1.807, 2.05) is 0 Å². The summed E-state index contributed by atoms with van der Waals surface area (Å²) < 4.78 is 42.3. The molecule has 0 radical (unpaired) electrons. The van der Waals surface area contributed by atoms with Crippen LogP contribution >= 0.6 is 0 Å². The van der Waals surface area contributed by atoms with E-state index in [1.165, 1.54) is 6.92 Å². The monoisotopic (exact) mass is 243 g/mol. The minimum atomic E-state index is -4.66. The highest BCUT2D eigenvalue weighted by Crippen LogP contribution is 2.32. The molecule has 0 N–H and O–H groups in total. The van der Waals surface area contributed by atoms with E-state index in [2.05, 4.69) is 4.74 Å². The molecule has 1 rings (SSSR count). The summed E-state index contributed by atoms with van der Waals surface area (Å²) in [4.78, 5) is 11.3. The van der Waals surface area contributed by atoms with Crippen molar-refractivity contribution in [3.05, 3.63) is 34.9 Å². The molecule has 1 aromatic rings. The van der Waals surface area contributed by atoms with Gasteiger partial charge in [0.05, 0.1) is 29.4 Å². The Balaban J connectivity index is 3.32. The second-order valence-electron chi connectivity index (χ2n) is 3.09. The fourth-order valence-electron chi connectivity index (χ4n) is 1.24. The number of alkyl halides is 3. The summed E-state index contributed by atoms with van der Waals surface area (Å²) in [5.74, 6) is -1.09. The first kappa shape index (κ1) is 13.0. The van der Waals surface area contributed by atoms with Crippen LogP contribution in [0.2, 0.25) is 0 Å². The molecule has 0 aliphatic carbocycles. The highest BCUT2D eigenvalue weighted by Gasteiger charge is 2.35. The smallest absolute Gasteiger partial charge is 0.417 e. The van der Waals surface area contributed by atoms with Gasteiger partial charge in [-0.05, 0) is 25.1 Å². The molecule has 90 valence electrons. The number of carbonyl (C=O) groups is 1. The zero-order chi connectivity index (χ0) is 13.1. The zero-order valence-corrected chi connectivity index (χ0v) is 8.84. The highest BCUT2D eigenvalue weighted by molar-refractivity contribution is 5.91. The van der Waals surface area contributed by atoms with E-state index in [4.69, 9.17) is 5.26 Å². The molecule has 0 unspecified atom stereocenters. The lowest BCUT2D eigenvalue weighted by molar-refractivity contribution is -0.138. The lowest BCUT2D eigenvalue weighted by Gasteiger charge is -2.11. The van der Waals surface area contributed by atoms with E-state index < -0.39 is 23.3 Å². The molecule has 0 atom stereocenters. The third-order valence-electron chi connectivity index (χ3n) is 1.95. The van der Waals surface area contributed by atoms with Gasteiger partial charge in [-0.25, -0.2) is 4.79 Å². The average Bonchev–Trinajstić information content (AvgIpc) is 2.27. The Morgan fingerprint density at radius 3 is 2.59 bits per heavy atom. The molecule has 0 saturated heterocycles. The first-order chi connectivity index (χ1) is 7.90. The van der Waals surface area contributed by atoms with Crippen molar-refractivity contribution in [2.24, 2.45) is 0 Å². The number of ether oxygens (including phenoxy) is 1. The Bertz CT molecular complexity index is 475. The van der Waals surface area contributed by atoms with Gasteiger partial charge in [0.25, 0.3) is 0 Å². The SMILES string of the molecule is CCOC(=O)c1cc(C#N)ccc1C(F)(F)F. The summed E-state index contributed by atoms with van der Waals surface area (Å²) in [6.07, 6.45) is -4.66. The number of carbonyl (C=O) groups excluding carboxylic acids is 1. The zero-order valence-electron chi connectivity index (χ0n) is 8.84. The topological polar surface area (TPSA) is 50.1 Å². The molecule has 17 heavy (non-hydrogen) atoms. The maximum Gasteiger partial charge on any atom is 0.417 e. The van der Waals surface area contributed by atoms with Crippen LogP contribution in [0, 0.1) is 11.3 Å². The summed E-state index contributed by atoms with van der Waals surface area (Å²) in [6.45, 7) is 1.45. The quantitative estimate of drug-likeness (QED) is 0.750.